The number of benzene rings is 2. The molecule has 0 radical (unpaired) electrons. The number of ether oxygens (including phenoxy) is 1. The first-order valence-corrected chi connectivity index (χ1v) is 10.1. The summed E-state index contributed by atoms with van der Waals surface area (Å²) in [6.07, 6.45) is 1.41. The zero-order valence-electron chi connectivity index (χ0n) is 17.6. The van der Waals surface area contributed by atoms with Crippen LogP contribution in [0.1, 0.15) is 27.3 Å². The Hall–Kier alpha value is -3.78. The van der Waals surface area contributed by atoms with E-state index >= 15 is 0 Å². The van der Waals surface area contributed by atoms with Crippen LogP contribution in [0.2, 0.25) is 5.02 Å². The molecule has 1 amide bonds. The predicted molar refractivity (Wildman–Crippen MR) is 119 cm³/mol. The molecule has 9 heteroatoms. The van der Waals surface area contributed by atoms with E-state index in [0.29, 0.717) is 23.1 Å². The second kappa shape index (κ2) is 8.76. The van der Waals surface area contributed by atoms with E-state index in [1.54, 1.807) is 35.0 Å². The Morgan fingerprint density at radius 1 is 1.09 bits per heavy atom. The highest BCUT2D eigenvalue weighted by atomic mass is 35.5. The Morgan fingerprint density at radius 2 is 1.84 bits per heavy atom. The summed E-state index contributed by atoms with van der Waals surface area (Å²) in [5.41, 5.74) is 3.27. The van der Waals surface area contributed by atoms with E-state index < -0.39 is 11.7 Å². The minimum absolute atomic E-state index is 0.0415. The normalized spacial score (nSPS) is 10.8. The molecule has 0 unspecified atom stereocenters. The molecule has 4 rings (SSSR count). The number of carbonyl (C=O) groups excluding carboxylic acids is 1. The third-order valence-corrected chi connectivity index (χ3v) is 5.34. The highest BCUT2D eigenvalue weighted by Crippen LogP contribution is 2.25. The van der Waals surface area contributed by atoms with E-state index in [0.717, 1.165) is 17.0 Å². The topological polar surface area (TPSA) is 81.9 Å². The molecule has 32 heavy (non-hydrogen) atoms. The van der Waals surface area contributed by atoms with Crippen LogP contribution in [0.5, 0.6) is 11.6 Å². The van der Waals surface area contributed by atoms with Crippen molar-refractivity contribution in [3.63, 3.8) is 0 Å². The van der Waals surface area contributed by atoms with Gasteiger partial charge < -0.3 is 10.1 Å². The number of rotatable bonds is 5. The molecule has 0 aliphatic rings. The SMILES string of the molecule is Cc1nn(-c2cc(Oc3ccc(NC(=O)c4c(F)cccc4Cl)cc3)ncn2)c(C)c1C. The molecule has 0 bridgehead atoms. The van der Waals surface area contributed by atoms with Crippen molar-refractivity contribution in [2.75, 3.05) is 5.32 Å². The second-order valence-corrected chi connectivity index (χ2v) is 7.51. The molecule has 4 aromatic rings. The fourth-order valence-corrected chi connectivity index (χ4v) is 3.33. The third-order valence-electron chi connectivity index (χ3n) is 5.02. The standard InChI is InChI=1S/C23H19ClFN5O2/c1-13-14(2)29-30(15(13)3)20-11-21(27-12-26-20)32-17-9-7-16(8-10-17)28-23(31)22-18(24)5-4-6-19(22)25/h4-12H,1-3H3,(H,28,31). The summed E-state index contributed by atoms with van der Waals surface area (Å²) in [6.45, 7) is 5.92. The molecule has 7 nitrogen and oxygen atoms in total. The van der Waals surface area contributed by atoms with Crippen LogP contribution in [-0.4, -0.2) is 25.7 Å². The van der Waals surface area contributed by atoms with E-state index in [4.69, 9.17) is 16.3 Å². The van der Waals surface area contributed by atoms with Gasteiger partial charge in [-0.25, -0.2) is 19.0 Å². The van der Waals surface area contributed by atoms with Crippen molar-refractivity contribution in [2.24, 2.45) is 0 Å². The largest absolute Gasteiger partial charge is 0.439 e. The number of amides is 1. The number of halogens is 2. The molecule has 0 atom stereocenters. The summed E-state index contributed by atoms with van der Waals surface area (Å²) in [7, 11) is 0. The van der Waals surface area contributed by atoms with Crippen LogP contribution in [0.25, 0.3) is 5.82 Å². The molecule has 2 aromatic heterocycles. The van der Waals surface area contributed by atoms with Crippen molar-refractivity contribution in [1.82, 2.24) is 19.7 Å². The van der Waals surface area contributed by atoms with Gasteiger partial charge in [0.15, 0.2) is 5.82 Å². The fourth-order valence-electron chi connectivity index (χ4n) is 3.08. The average molecular weight is 452 g/mol. The third kappa shape index (κ3) is 4.31. The smallest absolute Gasteiger partial charge is 0.260 e. The summed E-state index contributed by atoms with van der Waals surface area (Å²) in [5.74, 6) is 0.111. The van der Waals surface area contributed by atoms with Gasteiger partial charge in [0.1, 0.15) is 17.9 Å². The van der Waals surface area contributed by atoms with Crippen molar-refractivity contribution in [3.8, 4) is 17.4 Å². The van der Waals surface area contributed by atoms with Gasteiger partial charge in [0, 0.05) is 17.4 Å². The highest BCUT2D eigenvalue weighted by molar-refractivity contribution is 6.34. The molecular formula is C23H19ClFN5O2. The van der Waals surface area contributed by atoms with Crippen LogP contribution in [0, 0.1) is 26.6 Å². The zero-order chi connectivity index (χ0) is 22.8. The van der Waals surface area contributed by atoms with Crippen molar-refractivity contribution in [3.05, 3.63) is 88.2 Å². The molecule has 0 spiro atoms. The number of aromatic nitrogens is 4. The molecule has 0 saturated carbocycles. The minimum atomic E-state index is -0.688. The Labute approximate surface area is 188 Å². The maximum atomic E-state index is 13.9. The minimum Gasteiger partial charge on any atom is -0.439 e. The van der Waals surface area contributed by atoms with E-state index in [-0.39, 0.29) is 10.6 Å². The van der Waals surface area contributed by atoms with Crippen LogP contribution < -0.4 is 10.1 Å². The van der Waals surface area contributed by atoms with Crippen molar-refractivity contribution < 1.29 is 13.9 Å². The first-order chi connectivity index (χ1) is 15.3. The first-order valence-electron chi connectivity index (χ1n) is 9.72. The molecule has 0 fully saturated rings. The Balaban J connectivity index is 1.48. The second-order valence-electron chi connectivity index (χ2n) is 7.10. The number of nitrogens with zero attached hydrogens (tertiary/aromatic N) is 4. The van der Waals surface area contributed by atoms with Crippen molar-refractivity contribution in [1.29, 1.82) is 0 Å². The summed E-state index contributed by atoms with van der Waals surface area (Å²) < 4.78 is 21.5. The van der Waals surface area contributed by atoms with Gasteiger partial charge in [-0.3, -0.25) is 4.79 Å². The van der Waals surface area contributed by atoms with E-state index in [2.05, 4.69) is 20.4 Å². The lowest BCUT2D eigenvalue weighted by Crippen LogP contribution is -2.14. The quantitative estimate of drug-likeness (QED) is 0.438. The highest BCUT2D eigenvalue weighted by Gasteiger charge is 2.16. The molecule has 162 valence electrons. The lowest BCUT2D eigenvalue weighted by molar-refractivity contribution is 0.102. The summed E-state index contributed by atoms with van der Waals surface area (Å²) >= 11 is 5.94. The summed E-state index contributed by atoms with van der Waals surface area (Å²) in [4.78, 5) is 20.8. The number of anilines is 1. The Morgan fingerprint density at radius 3 is 2.50 bits per heavy atom. The number of hydrogen-bond acceptors (Lipinski definition) is 5. The van der Waals surface area contributed by atoms with Gasteiger partial charge in [-0.05, 0) is 62.7 Å². The Bertz CT molecular complexity index is 1280. The number of hydrogen-bond donors (Lipinski definition) is 1. The van der Waals surface area contributed by atoms with Gasteiger partial charge in [0.05, 0.1) is 16.3 Å². The van der Waals surface area contributed by atoms with Gasteiger partial charge >= 0.3 is 0 Å². The number of carbonyl (C=O) groups is 1. The van der Waals surface area contributed by atoms with Crippen LogP contribution >= 0.6 is 11.6 Å². The maximum absolute atomic E-state index is 13.9. The molecule has 2 heterocycles. The lowest BCUT2D eigenvalue weighted by Gasteiger charge is -2.10. The number of aryl methyl sites for hydroxylation is 1. The summed E-state index contributed by atoms with van der Waals surface area (Å²) in [5, 5.41) is 7.16. The monoisotopic (exact) mass is 451 g/mol. The molecule has 0 aliphatic carbocycles. The maximum Gasteiger partial charge on any atom is 0.260 e. The molecule has 0 saturated heterocycles. The van der Waals surface area contributed by atoms with Crippen molar-refractivity contribution in [2.45, 2.75) is 20.8 Å². The van der Waals surface area contributed by atoms with Gasteiger partial charge in [-0.2, -0.15) is 5.10 Å². The van der Waals surface area contributed by atoms with Crippen LogP contribution in [0.4, 0.5) is 10.1 Å². The van der Waals surface area contributed by atoms with Crippen LogP contribution in [0.3, 0.4) is 0 Å². The summed E-state index contributed by atoms with van der Waals surface area (Å²) in [6, 6.07) is 12.4. The Kier molecular flexibility index (Phi) is 5.87. The first kappa shape index (κ1) is 21.5. The van der Waals surface area contributed by atoms with E-state index in [1.807, 2.05) is 20.8 Å². The van der Waals surface area contributed by atoms with Crippen LogP contribution in [0.15, 0.2) is 54.9 Å². The number of nitrogens with one attached hydrogen (secondary N) is 1. The van der Waals surface area contributed by atoms with Gasteiger partial charge in [0.25, 0.3) is 5.91 Å². The zero-order valence-corrected chi connectivity index (χ0v) is 18.3. The lowest BCUT2D eigenvalue weighted by atomic mass is 10.2. The van der Waals surface area contributed by atoms with E-state index in [1.165, 1.54) is 24.5 Å². The van der Waals surface area contributed by atoms with Crippen molar-refractivity contribution >= 4 is 23.2 Å². The van der Waals surface area contributed by atoms with Gasteiger partial charge in [0.2, 0.25) is 5.88 Å². The molecule has 1 N–H and O–H groups in total. The average Bonchev–Trinajstić information content (AvgIpc) is 3.02. The predicted octanol–water partition coefficient (Wildman–Crippen LogP) is 5.42. The van der Waals surface area contributed by atoms with E-state index in [9.17, 15) is 9.18 Å². The van der Waals surface area contributed by atoms with Gasteiger partial charge in [-0.15, -0.1) is 0 Å². The molecule has 2 aromatic carbocycles. The fraction of sp³-hybridized carbons (Fsp3) is 0.130. The van der Waals surface area contributed by atoms with Crippen LogP contribution in [-0.2, 0) is 0 Å². The molecule has 0 aliphatic heterocycles. The van der Waals surface area contributed by atoms with Gasteiger partial charge in [-0.1, -0.05) is 17.7 Å². The molecular weight excluding hydrogens is 433 g/mol.